The van der Waals surface area contributed by atoms with Crippen LogP contribution < -0.4 is 15.0 Å². The molecule has 0 aliphatic carbocycles. The molecular formula is C31H43ClN2O9. The number of nitrogens with zero attached hydrogens (tertiary/aromatic N) is 1. The highest BCUT2D eigenvalue weighted by atomic mass is 35.5. The zero-order valence-corrected chi connectivity index (χ0v) is 26.8. The van der Waals surface area contributed by atoms with Crippen LogP contribution in [0.3, 0.4) is 0 Å². The first-order valence-electron chi connectivity index (χ1n) is 14.3. The molecular weight excluding hydrogens is 580 g/mol. The van der Waals surface area contributed by atoms with E-state index < -0.39 is 60.1 Å². The molecule has 238 valence electrons. The fourth-order valence-electron chi connectivity index (χ4n) is 4.95. The van der Waals surface area contributed by atoms with Crippen molar-refractivity contribution < 1.29 is 43.2 Å². The Morgan fingerprint density at radius 2 is 1.93 bits per heavy atom. The van der Waals surface area contributed by atoms with Gasteiger partial charge in [-0.05, 0) is 38.0 Å². The van der Waals surface area contributed by atoms with Crippen LogP contribution in [0, 0.1) is 11.8 Å². The van der Waals surface area contributed by atoms with E-state index >= 15 is 0 Å². The summed E-state index contributed by atoms with van der Waals surface area (Å²) in [4.78, 5) is 40.1. The average Bonchev–Trinajstić information content (AvgIpc) is 2.93. The second-order valence-electron chi connectivity index (χ2n) is 11.4. The van der Waals surface area contributed by atoms with Crippen molar-refractivity contribution in [3.05, 3.63) is 46.5 Å². The number of nitrogens with one attached hydrogen (secondary N) is 1. The number of amides is 2. The van der Waals surface area contributed by atoms with Crippen LogP contribution in [-0.2, 0) is 35.0 Å². The quantitative estimate of drug-likeness (QED) is 0.465. The number of methoxy groups -OCH3 is 2. The lowest BCUT2D eigenvalue weighted by Crippen LogP contribution is -2.63. The van der Waals surface area contributed by atoms with Gasteiger partial charge in [0, 0.05) is 26.5 Å². The number of esters is 1. The van der Waals surface area contributed by atoms with Gasteiger partial charge in [-0.15, -0.1) is 0 Å². The zero-order chi connectivity index (χ0) is 32.1. The number of alkyl carbamates (subject to hydrolysis) is 1. The Bertz CT molecular complexity index is 1250. The van der Waals surface area contributed by atoms with Gasteiger partial charge in [0.25, 0.3) is 0 Å². The number of allylic oxidation sites excluding steroid dienone is 3. The number of hydrogen-bond acceptors (Lipinski definition) is 9. The van der Waals surface area contributed by atoms with Crippen LogP contribution in [0.15, 0.2) is 35.9 Å². The summed E-state index contributed by atoms with van der Waals surface area (Å²) >= 11 is 6.64. The van der Waals surface area contributed by atoms with Gasteiger partial charge in [0.1, 0.15) is 23.0 Å². The average molecular weight is 623 g/mol. The Morgan fingerprint density at radius 1 is 1.23 bits per heavy atom. The number of anilines is 1. The molecule has 4 bridgehead atoms. The molecule has 1 aromatic carbocycles. The van der Waals surface area contributed by atoms with Gasteiger partial charge in [-0.3, -0.25) is 14.9 Å². The van der Waals surface area contributed by atoms with Crippen molar-refractivity contribution in [2.45, 2.75) is 84.2 Å². The fraction of sp³-hybridized carbons (Fsp3) is 0.581. The standard InChI is InChI=1S/C31H43ClN2O9/c1-17(2)29(36)43-27-15-26(35)34(6)22-13-21(14-23(39-7)28(22)32)12-18(3)10-9-11-25(40-8)31(38)16-24(42-30(37)33-31)19(4)20(5)41-27/h9-11,13-14,17,19-20,24-25,27,38H,12,15-16H2,1-8H3,(H,33,37)/b11-9+,18-10+/t19-,20+,24?,25+,27-,31-/m0/s1. The van der Waals surface area contributed by atoms with Crippen LogP contribution in [0.4, 0.5) is 10.5 Å². The SMILES string of the molecule is COc1cc2cc(c1Cl)N(C)C(=O)C[C@H](OC(=O)C(C)C)O[C@H](C)[C@H](C)C1C[C@@](O)(NC(=O)O1)[C@H](OC)/C=C/C=C(\C)C2. The van der Waals surface area contributed by atoms with Crippen LogP contribution in [0.1, 0.15) is 53.0 Å². The molecule has 2 heterocycles. The van der Waals surface area contributed by atoms with Gasteiger partial charge in [0.2, 0.25) is 12.2 Å². The van der Waals surface area contributed by atoms with E-state index in [1.807, 2.05) is 13.0 Å². The van der Waals surface area contributed by atoms with Crippen molar-refractivity contribution in [1.82, 2.24) is 5.32 Å². The van der Waals surface area contributed by atoms with Crippen LogP contribution in [0.25, 0.3) is 0 Å². The first kappa shape index (κ1) is 34.4. The van der Waals surface area contributed by atoms with E-state index in [4.69, 9.17) is 35.3 Å². The summed E-state index contributed by atoms with van der Waals surface area (Å²) in [7, 11) is 4.51. The van der Waals surface area contributed by atoms with Crippen LogP contribution in [-0.4, -0.2) is 74.7 Å². The molecule has 1 unspecified atom stereocenters. The molecule has 0 radical (unpaired) electrons. The number of rotatable bonds is 4. The number of ether oxygens (including phenoxy) is 5. The highest BCUT2D eigenvalue weighted by Gasteiger charge is 2.47. The third kappa shape index (κ3) is 8.50. The predicted octanol–water partition coefficient (Wildman–Crippen LogP) is 4.53. The molecule has 43 heavy (non-hydrogen) atoms. The van der Waals surface area contributed by atoms with E-state index in [0.717, 1.165) is 11.1 Å². The van der Waals surface area contributed by atoms with Gasteiger partial charge in [0.15, 0.2) is 5.72 Å². The maximum Gasteiger partial charge on any atom is 0.409 e. The Morgan fingerprint density at radius 3 is 2.56 bits per heavy atom. The van der Waals surface area contributed by atoms with Crippen LogP contribution in [0.5, 0.6) is 5.75 Å². The first-order chi connectivity index (χ1) is 20.2. The fourth-order valence-corrected chi connectivity index (χ4v) is 5.27. The van der Waals surface area contributed by atoms with Gasteiger partial charge in [-0.2, -0.15) is 0 Å². The lowest BCUT2D eigenvalue weighted by atomic mass is 9.88. The van der Waals surface area contributed by atoms with E-state index in [0.29, 0.717) is 17.9 Å². The zero-order valence-electron chi connectivity index (χ0n) is 26.0. The van der Waals surface area contributed by atoms with E-state index in [9.17, 15) is 19.5 Å². The predicted molar refractivity (Wildman–Crippen MR) is 161 cm³/mol. The molecule has 6 atom stereocenters. The van der Waals surface area contributed by atoms with Crippen molar-refractivity contribution in [3.8, 4) is 5.75 Å². The molecule has 12 heteroatoms. The van der Waals surface area contributed by atoms with Gasteiger partial charge < -0.3 is 33.7 Å². The normalized spacial score (nSPS) is 31.0. The summed E-state index contributed by atoms with van der Waals surface area (Å²) in [6, 6.07) is 3.60. The van der Waals surface area contributed by atoms with Crippen molar-refractivity contribution in [1.29, 1.82) is 0 Å². The minimum Gasteiger partial charge on any atom is -0.495 e. The molecule has 1 aromatic rings. The molecule has 1 saturated heterocycles. The summed E-state index contributed by atoms with van der Waals surface area (Å²) in [5.74, 6) is -1.51. The van der Waals surface area contributed by atoms with Crippen LogP contribution >= 0.6 is 11.6 Å². The lowest BCUT2D eigenvalue weighted by Gasteiger charge is -2.43. The van der Waals surface area contributed by atoms with E-state index in [2.05, 4.69) is 5.32 Å². The van der Waals surface area contributed by atoms with Gasteiger partial charge in [0.05, 0.1) is 31.2 Å². The van der Waals surface area contributed by atoms with Crippen molar-refractivity contribution in [2.75, 3.05) is 26.2 Å². The van der Waals surface area contributed by atoms with Gasteiger partial charge in [-0.1, -0.05) is 56.2 Å². The molecule has 1 fully saturated rings. The Balaban J connectivity index is 2.10. The molecule has 2 amide bonds. The third-order valence-electron chi connectivity index (χ3n) is 7.75. The smallest absolute Gasteiger partial charge is 0.409 e. The minimum atomic E-state index is -1.77. The number of aliphatic hydroxyl groups is 1. The molecule has 2 aliphatic rings. The maximum atomic E-state index is 13.6. The molecule has 11 nitrogen and oxygen atoms in total. The van der Waals surface area contributed by atoms with Crippen molar-refractivity contribution in [3.63, 3.8) is 0 Å². The topological polar surface area (TPSA) is 133 Å². The summed E-state index contributed by atoms with van der Waals surface area (Å²) in [6.07, 6.45) is 1.04. The van der Waals surface area contributed by atoms with Crippen LogP contribution in [0.2, 0.25) is 5.02 Å². The van der Waals surface area contributed by atoms with Gasteiger partial charge in [-0.25, -0.2) is 4.79 Å². The molecule has 3 rings (SSSR count). The summed E-state index contributed by atoms with van der Waals surface area (Å²) in [5.41, 5.74) is 0.431. The molecule has 2 aliphatic heterocycles. The number of fused-ring (bicyclic) bond motifs is 4. The monoisotopic (exact) mass is 622 g/mol. The maximum absolute atomic E-state index is 13.6. The molecule has 0 saturated carbocycles. The van der Waals surface area contributed by atoms with Gasteiger partial charge >= 0.3 is 12.1 Å². The summed E-state index contributed by atoms with van der Waals surface area (Å²) < 4.78 is 28.3. The third-order valence-corrected chi connectivity index (χ3v) is 8.13. The Labute approximate surface area is 258 Å². The Kier molecular flexibility index (Phi) is 11.6. The largest absolute Gasteiger partial charge is 0.495 e. The molecule has 0 spiro atoms. The molecule has 0 aromatic heterocycles. The Hall–Kier alpha value is -3.12. The lowest BCUT2D eigenvalue weighted by molar-refractivity contribution is -0.205. The second-order valence-corrected chi connectivity index (χ2v) is 11.8. The van der Waals surface area contributed by atoms with E-state index in [1.165, 1.54) is 19.1 Å². The van der Waals surface area contributed by atoms with Crippen molar-refractivity contribution in [2.24, 2.45) is 11.8 Å². The minimum absolute atomic E-state index is 0.0125. The number of halogens is 1. The number of hydrogen-bond donors (Lipinski definition) is 2. The van der Waals surface area contributed by atoms with E-state index in [-0.39, 0.29) is 17.9 Å². The highest BCUT2D eigenvalue weighted by molar-refractivity contribution is 6.35. The highest BCUT2D eigenvalue weighted by Crippen LogP contribution is 2.37. The van der Waals surface area contributed by atoms with E-state index in [1.54, 1.807) is 59.0 Å². The summed E-state index contributed by atoms with van der Waals surface area (Å²) in [6.45, 7) is 8.79. The molecule has 2 N–H and O–H groups in total. The van der Waals surface area contributed by atoms with Crippen molar-refractivity contribution >= 4 is 35.3 Å². The second kappa shape index (κ2) is 14.6. The summed E-state index contributed by atoms with van der Waals surface area (Å²) in [5, 5.41) is 14.3. The number of benzene rings is 1. The number of carbonyl (C=O) groups is 3. The number of carbonyl (C=O) groups excluding carboxylic acids is 3. The first-order valence-corrected chi connectivity index (χ1v) is 14.6.